The lowest BCUT2D eigenvalue weighted by atomic mass is 10.2. The molecule has 0 radical (unpaired) electrons. The quantitative estimate of drug-likeness (QED) is 0.0770. The normalized spacial score (nSPS) is 10.7. The molecule has 0 heterocycles. The first-order chi connectivity index (χ1) is 21.0. The molecule has 4 aromatic rings. The number of ether oxygens (including phenoxy) is 5. The first-order valence-electron chi connectivity index (χ1n) is 14.0. The molecule has 9 nitrogen and oxygen atoms in total. The molecule has 4 rings (SSSR count). The third-order valence-electron chi connectivity index (χ3n) is 5.88. The molecule has 1 amide bonds. The summed E-state index contributed by atoms with van der Waals surface area (Å²) in [5.74, 6) is 1.60. The van der Waals surface area contributed by atoms with Gasteiger partial charge in [0.2, 0.25) is 0 Å². The predicted octanol–water partition coefficient (Wildman–Crippen LogP) is 6.20. The number of carbonyl (C=O) groups is 2. The van der Waals surface area contributed by atoms with Crippen LogP contribution in [-0.2, 0) is 11.4 Å². The van der Waals surface area contributed by atoms with Crippen molar-refractivity contribution in [2.45, 2.75) is 26.9 Å². The van der Waals surface area contributed by atoms with Gasteiger partial charge in [-0.2, -0.15) is 5.10 Å². The van der Waals surface area contributed by atoms with Gasteiger partial charge in [-0.05, 0) is 91.2 Å². The van der Waals surface area contributed by atoms with Gasteiger partial charge < -0.3 is 23.7 Å². The van der Waals surface area contributed by atoms with Crippen LogP contribution in [0, 0.1) is 0 Å². The number of hydrogen-bond donors (Lipinski definition) is 1. The minimum absolute atomic E-state index is 0.216. The second-order valence-electron chi connectivity index (χ2n) is 9.23. The maximum atomic E-state index is 12.7. The van der Waals surface area contributed by atoms with E-state index in [0.717, 1.165) is 12.0 Å². The summed E-state index contributed by atoms with van der Waals surface area (Å²) in [6.45, 7) is 5.07. The second kappa shape index (κ2) is 16.2. The van der Waals surface area contributed by atoms with Crippen molar-refractivity contribution in [3.8, 4) is 28.7 Å². The number of hydrazone groups is 1. The van der Waals surface area contributed by atoms with Gasteiger partial charge in [0.1, 0.15) is 23.9 Å². The lowest BCUT2D eigenvalue weighted by Crippen LogP contribution is -2.24. The second-order valence-corrected chi connectivity index (χ2v) is 9.23. The smallest absolute Gasteiger partial charge is 0.343 e. The first kappa shape index (κ1) is 30.6. The van der Waals surface area contributed by atoms with Gasteiger partial charge in [-0.25, -0.2) is 10.2 Å². The maximum absolute atomic E-state index is 12.7. The highest BCUT2D eigenvalue weighted by atomic mass is 16.6. The lowest BCUT2D eigenvalue weighted by Gasteiger charge is -2.12. The Morgan fingerprint density at radius 1 is 0.744 bits per heavy atom. The molecule has 0 bridgehead atoms. The van der Waals surface area contributed by atoms with Gasteiger partial charge in [0.15, 0.2) is 18.1 Å². The van der Waals surface area contributed by atoms with Crippen molar-refractivity contribution < 1.29 is 33.3 Å². The van der Waals surface area contributed by atoms with E-state index in [1.54, 1.807) is 66.7 Å². The van der Waals surface area contributed by atoms with Crippen molar-refractivity contribution >= 4 is 18.1 Å². The Morgan fingerprint density at radius 3 is 2.12 bits per heavy atom. The molecule has 0 atom stereocenters. The molecular formula is C34H34N2O7. The summed E-state index contributed by atoms with van der Waals surface area (Å²) >= 11 is 0. The molecule has 0 saturated carbocycles. The van der Waals surface area contributed by atoms with E-state index < -0.39 is 11.9 Å². The standard InChI is InChI=1S/C34H34N2O7/c1-3-20-40-28-13-11-27(12-14-28)34(38)43-31-19-10-26(21-32(31)39-4-2)22-35-36-33(37)24-42-30-17-15-29(16-18-30)41-23-25-8-6-5-7-9-25/h5-19,21-22H,3-4,20,23-24H2,1-2H3,(H,36,37). The minimum Gasteiger partial charge on any atom is -0.494 e. The Balaban J connectivity index is 1.25. The number of nitrogens with zero attached hydrogens (tertiary/aromatic N) is 1. The molecule has 0 spiro atoms. The van der Waals surface area contributed by atoms with Crippen molar-refractivity contribution in [1.29, 1.82) is 0 Å². The Bertz CT molecular complexity index is 1490. The third kappa shape index (κ3) is 9.93. The molecule has 0 aliphatic carbocycles. The van der Waals surface area contributed by atoms with Crippen LogP contribution >= 0.6 is 0 Å². The van der Waals surface area contributed by atoms with Gasteiger partial charge in [0, 0.05) is 0 Å². The number of carbonyl (C=O) groups excluding carboxylic acids is 2. The van der Waals surface area contributed by atoms with Crippen LogP contribution in [0.2, 0.25) is 0 Å². The van der Waals surface area contributed by atoms with Crippen LogP contribution in [0.4, 0.5) is 0 Å². The summed E-state index contributed by atoms with van der Waals surface area (Å²) in [4.78, 5) is 24.9. The van der Waals surface area contributed by atoms with Gasteiger partial charge in [-0.3, -0.25) is 4.79 Å². The van der Waals surface area contributed by atoms with Gasteiger partial charge >= 0.3 is 5.97 Å². The number of esters is 1. The molecule has 0 aliphatic rings. The monoisotopic (exact) mass is 582 g/mol. The zero-order valence-electron chi connectivity index (χ0n) is 24.2. The lowest BCUT2D eigenvalue weighted by molar-refractivity contribution is -0.123. The molecule has 9 heteroatoms. The SMILES string of the molecule is CCCOc1ccc(C(=O)Oc2ccc(C=NNC(=O)COc3ccc(OCc4ccccc4)cc3)cc2OCC)cc1. The Morgan fingerprint density at radius 2 is 1.42 bits per heavy atom. The predicted molar refractivity (Wildman–Crippen MR) is 163 cm³/mol. The van der Waals surface area contributed by atoms with Crippen LogP contribution in [0.1, 0.15) is 41.8 Å². The molecule has 4 aromatic carbocycles. The summed E-state index contributed by atoms with van der Waals surface area (Å²) in [7, 11) is 0. The summed E-state index contributed by atoms with van der Waals surface area (Å²) in [5, 5.41) is 3.99. The molecule has 43 heavy (non-hydrogen) atoms. The van der Waals surface area contributed by atoms with Gasteiger partial charge in [-0.15, -0.1) is 0 Å². The molecule has 0 aromatic heterocycles. The average Bonchev–Trinajstić information content (AvgIpc) is 3.04. The summed E-state index contributed by atoms with van der Waals surface area (Å²) in [5.41, 5.74) is 4.52. The van der Waals surface area contributed by atoms with E-state index in [1.165, 1.54) is 6.21 Å². The van der Waals surface area contributed by atoms with E-state index in [-0.39, 0.29) is 12.4 Å². The molecule has 0 saturated heterocycles. The zero-order chi connectivity index (χ0) is 30.3. The van der Waals surface area contributed by atoms with E-state index in [4.69, 9.17) is 23.7 Å². The van der Waals surface area contributed by atoms with Crippen LogP contribution in [0.15, 0.2) is 102 Å². The van der Waals surface area contributed by atoms with E-state index in [9.17, 15) is 9.59 Å². The van der Waals surface area contributed by atoms with Crippen molar-refractivity contribution in [3.63, 3.8) is 0 Å². The van der Waals surface area contributed by atoms with E-state index >= 15 is 0 Å². The molecule has 0 unspecified atom stereocenters. The van der Waals surface area contributed by atoms with E-state index in [0.29, 0.717) is 53.9 Å². The molecular weight excluding hydrogens is 548 g/mol. The first-order valence-corrected chi connectivity index (χ1v) is 14.0. The van der Waals surface area contributed by atoms with Crippen LogP contribution in [0.5, 0.6) is 28.7 Å². The van der Waals surface area contributed by atoms with Crippen molar-refractivity contribution in [2.24, 2.45) is 5.10 Å². The van der Waals surface area contributed by atoms with E-state index in [2.05, 4.69) is 10.5 Å². The topological polar surface area (TPSA) is 105 Å². The fraction of sp³-hybridized carbons (Fsp3) is 0.206. The highest BCUT2D eigenvalue weighted by Gasteiger charge is 2.14. The zero-order valence-corrected chi connectivity index (χ0v) is 24.2. The fourth-order valence-corrected chi connectivity index (χ4v) is 3.76. The van der Waals surface area contributed by atoms with Crippen LogP contribution in [0.25, 0.3) is 0 Å². The molecule has 222 valence electrons. The van der Waals surface area contributed by atoms with Crippen LogP contribution in [0.3, 0.4) is 0 Å². The van der Waals surface area contributed by atoms with Crippen molar-refractivity contribution in [3.05, 3.63) is 114 Å². The number of benzene rings is 4. The fourth-order valence-electron chi connectivity index (χ4n) is 3.76. The summed E-state index contributed by atoms with van der Waals surface area (Å²) < 4.78 is 28.1. The summed E-state index contributed by atoms with van der Waals surface area (Å²) in [6, 6.07) is 28.6. The third-order valence-corrected chi connectivity index (χ3v) is 5.88. The van der Waals surface area contributed by atoms with Gasteiger partial charge in [0.05, 0.1) is 25.0 Å². The van der Waals surface area contributed by atoms with Gasteiger partial charge in [-0.1, -0.05) is 37.3 Å². The summed E-state index contributed by atoms with van der Waals surface area (Å²) in [6.07, 6.45) is 2.35. The van der Waals surface area contributed by atoms with Crippen LogP contribution in [-0.4, -0.2) is 37.9 Å². The Labute approximate surface area is 251 Å². The molecule has 0 aliphatic heterocycles. The minimum atomic E-state index is -0.522. The molecule has 1 N–H and O–H groups in total. The van der Waals surface area contributed by atoms with Crippen molar-refractivity contribution in [1.82, 2.24) is 5.43 Å². The number of amides is 1. The van der Waals surface area contributed by atoms with Crippen LogP contribution < -0.4 is 29.1 Å². The van der Waals surface area contributed by atoms with Gasteiger partial charge in [0.25, 0.3) is 5.91 Å². The number of nitrogens with one attached hydrogen (secondary N) is 1. The van der Waals surface area contributed by atoms with E-state index in [1.807, 2.05) is 44.2 Å². The number of hydrogen-bond acceptors (Lipinski definition) is 8. The Hall–Kier alpha value is -5.31. The van der Waals surface area contributed by atoms with Crippen molar-refractivity contribution in [2.75, 3.05) is 19.8 Å². The Kier molecular flexibility index (Phi) is 11.6. The largest absolute Gasteiger partial charge is 0.494 e. The number of rotatable bonds is 15. The maximum Gasteiger partial charge on any atom is 0.343 e. The highest BCUT2D eigenvalue weighted by molar-refractivity contribution is 5.92. The average molecular weight is 583 g/mol. The highest BCUT2D eigenvalue weighted by Crippen LogP contribution is 2.29. The molecule has 0 fully saturated rings.